The molecule has 0 spiro atoms. The minimum absolute atomic E-state index is 0.0733. The third-order valence-electron chi connectivity index (χ3n) is 5.07. The van der Waals surface area contributed by atoms with E-state index >= 15 is 0 Å². The number of hydrogen-bond donors (Lipinski definition) is 2. The molecule has 2 aromatic heterocycles. The van der Waals surface area contributed by atoms with E-state index < -0.39 is 7.60 Å². The topological polar surface area (TPSA) is 120 Å². The maximum absolute atomic E-state index is 12.5. The lowest BCUT2D eigenvalue weighted by Crippen LogP contribution is -2.08. The zero-order valence-corrected chi connectivity index (χ0v) is 21.8. The first-order valence-corrected chi connectivity index (χ1v) is 13.9. The van der Waals surface area contributed by atoms with Crippen LogP contribution in [0.1, 0.15) is 48.6 Å². The van der Waals surface area contributed by atoms with Crippen LogP contribution in [0.25, 0.3) is 0 Å². The second-order valence-electron chi connectivity index (χ2n) is 7.67. The zero-order valence-electron chi connectivity index (χ0n) is 20.1. The Hall–Kier alpha value is -2.49. The van der Waals surface area contributed by atoms with Gasteiger partial charge in [0.25, 0.3) is 0 Å². The number of aromatic amines is 1. The number of aromatic hydroxyl groups is 1. The highest BCUT2D eigenvalue weighted by molar-refractivity contribution is 7.53. The number of H-pyrrole nitrogens is 1. The molecule has 11 heteroatoms. The average Bonchev–Trinajstić information content (AvgIpc) is 3.15. The fraction of sp³-hybridized carbons (Fsp3) is 0.417. The summed E-state index contributed by atoms with van der Waals surface area (Å²) >= 11 is 1.00. The molecule has 0 aliphatic heterocycles. The molecule has 1 aromatic carbocycles. The molecule has 35 heavy (non-hydrogen) atoms. The van der Waals surface area contributed by atoms with E-state index in [9.17, 15) is 14.5 Å². The van der Waals surface area contributed by atoms with Gasteiger partial charge in [0.05, 0.1) is 30.8 Å². The number of aromatic nitrogens is 2. The molecule has 0 bridgehead atoms. The van der Waals surface area contributed by atoms with Crippen LogP contribution in [-0.2, 0) is 31.2 Å². The molecule has 0 amide bonds. The van der Waals surface area contributed by atoms with Crippen LogP contribution in [0.2, 0.25) is 0 Å². The maximum atomic E-state index is 12.5. The minimum atomic E-state index is -3.25. The molecule has 1 atom stereocenters. The number of ether oxygens (including phenoxy) is 2. The lowest BCUT2D eigenvalue weighted by atomic mass is 10.1. The summed E-state index contributed by atoms with van der Waals surface area (Å²) in [7, 11) is -3.25. The third kappa shape index (κ3) is 8.30. The predicted octanol–water partition coefficient (Wildman–Crippen LogP) is 5.05. The highest BCUT2D eigenvalue weighted by Crippen LogP contribution is 2.48. The maximum Gasteiger partial charge on any atom is 0.356 e. The molecule has 1 unspecified atom stereocenters. The Balaban J connectivity index is 1.45. The van der Waals surface area contributed by atoms with Gasteiger partial charge >= 0.3 is 12.5 Å². The van der Waals surface area contributed by atoms with Crippen LogP contribution in [0, 0.1) is 0 Å². The normalized spacial score (nSPS) is 12.5. The summed E-state index contributed by atoms with van der Waals surface area (Å²) in [6.45, 7) is 6.44. The summed E-state index contributed by atoms with van der Waals surface area (Å²) in [4.78, 5) is 18.5. The van der Waals surface area contributed by atoms with Gasteiger partial charge in [-0.25, -0.2) is 0 Å². The van der Waals surface area contributed by atoms with E-state index in [1.807, 2.05) is 43.3 Å². The third-order valence-corrected chi connectivity index (χ3v) is 7.71. The number of thiazole rings is 1. The molecule has 0 fully saturated rings. The Morgan fingerprint density at radius 2 is 1.83 bits per heavy atom. The number of nitrogens with zero attached hydrogens (tertiary/aromatic N) is 1. The molecule has 9 nitrogen and oxygen atoms in total. The van der Waals surface area contributed by atoms with Gasteiger partial charge in [0, 0.05) is 24.7 Å². The molecule has 2 N–H and O–H groups in total. The Morgan fingerprint density at radius 3 is 2.40 bits per heavy atom. The number of nitrogens with one attached hydrogen (secondary N) is 1. The zero-order chi connectivity index (χ0) is 25.3. The smallest absolute Gasteiger partial charge is 0.356 e. The molecule has 2 heterocycles. The number of pyridine rings is 1. The van der Waals surface area contributed by atoms with Crippen molar-refractivity contribution in [2.24, 2.45) is 0 Å². The van der Waals surface area contributed by atoms with Crippen molar-refractivity contribution in [3.63, 3.8) is 0 Å². The predicted molar refractivity (Wildman–Crippen MR) is 135 cm³/mol. The molecule has 0 aliphatic carbocycles. The number of rotatable bonds is 14. The van der Waals surface area contributed by atoms with Crippen LogP contribution < -0.4 is 9.61 Å². The van der Waals surface area contributed by atoms with Gasteiger partial charge in [0.2, 0.25) is 5.88 Å². The molecule has 0 saturated carbocycles. The van der Waals surface area contributed by atoms with E-state index in [-0.39, 0.29) is 23.2 Å². The molecule has 3 rings (SSSR count). The van der Waals surface area contributed by atoms with Crippen molar-refractivity contribution in [3.05, 3.63) is 74.0 Å². The van der Waals surface area contributed by atoms with Gasteiger partial charge in [0.15, 0.2) is 0 Å². The summed E-state index contributed by atoms with van der Waals surface area (Å²) in [6, 6.07) is 11.4. The van der Waals surface area contributed by atoms with Crippen LogP contribution in [0.5, 0.6) is 11.6 Å². The van der Waals surface area contributed by atoms with Gasteiger partial charge in [-0.15, -0.1) is 0 Å². The van der Waals surface area contributed by atoms with E-state index in [1.165, 1.54) is 0 Å². The van der Waals surface area contributed by atoms with Gasteiger partial charge in [-0.2, -0.15) is 0 Å². The van der Waals surface area contributed by atoms with Gasteiger partial charge in [-0.1, -0.05) is 29.5 Å². The molecular formula is C24H31N2O7PS. The second kappa shape index (κ2) is 13.0. The van der Waals surface area contributed by atoms with Gasteiger partial charge in [-0.3, -0.25) is 19.3 Å². The minimum Gasteiger partial charge on any atom is -0.494 e. The SMILES string of the molecule is CCOP(=O)(COC(C)c1ccc(CCOc2ccc(Cc3sc(=O)[nH]c3O)cc2)nc1)OCC. The number of hydrogen-bond acceptors (Lipinski definition) is 9. The van der Waals surface area contributed by atoms with E-state index in [0.29, 0.717) is 37.5 Å². The standard InChI is InChI=1S/C24H31N2O7PS/c1-4-32-34(29,33-5-2)16-31-17(3)19-8-9-20(25-15-19)12-13-30-21-10-6-18(7-11-21)14-22-23(27)26-24(28)35-22/h6-11,15,17,27H,4-5,12-14,16H2,1-3H3,(H,26,28). The molecule has 0 saturated heterocycles. The summed E-state index contributed by atoms with van der Waals surface area (Å²) < 4.78 is 34.6. The van der Waals surface area contributed by atoms with Gasteiger partial charge in [-0.05, 0) is 50.1 Å². The fourth-order valence-electron chi connectivity index (χ4n) is 3.26. The second-order valence-corrected chi connectivity index (χ2v) is 10.7. The van der Waals surface area contributed by atoms with Crippen molar-refractivity contribution < 1.29 is 28.2 Å². The van der Waals surface area contributed by atoms with Crippen molar-refractivity contribution in [1.29, 1.82) is 0 Å². The van der Waals surface area contributed by atoms with Crippen molar-refractivity contribution >= 4 is 18.9 Å². The molecule has 190 valence electrons. The molecular weight excluding hydrogens is 491 g/mol. The van der Waals surface area contributed by atoms with E-state index in [1.54, 1.807) is 20.0 Å². The Bertz CT molecular complexity index is 1150. The van der Waals surface area contributed by atoms with Gasteiger partial charge < -0.3 is 23.6 Å². The molecule has 0 aliphatic rings. The molecule has 3 aromatic rings. The summed E-state index contributed by atoms with van der Waals surface area (Å²) in [6.07, 6.45) is 2.42. The Labute approximate surface area is 208 Å². The van der Waals surface area contributed by atoms with Gasteiger partial charge in [0.1, 0.15) is 12.1 Å². The highest BCUT2D eigenvalue weighted by Gasteiger charge is 2.25. The van der Waals surface area contributed by atoms with Crippen LogP contribution in [0.3, 0.4) is 0 Å². The quantitative estimate of drug-likeness (QED) is 0.282. The van der Waals surface area contributed by atoms with Crippen molar-refractivity contribution in [2.45, 2.75) is 39.7 Å². The van der Waals surface area contributed by atoms with Crippen molar-refractivity contribution in [1.82, 2.24) is 9.97 Å². The molecule has 0 radical (unpaired) electrons. The monoisotopic (exact) mass is 522 g/mol. The van der Waals surface area contributed by atoms with E-state index in [0.717, 1.165) is 33.9 Å². The fourth-order valence-corrected chi connectivity index (χ4v) is 5.44. The Kier molecular flexibility index (Phi) is 10.1. The van der Waals surface area contributed by atoms with Crippen LogP contribution in [-0.4, -0.2) is 41.2 Å². The first kappa shape index (κ1) is 27.1. The van der Waals surface area contributed by atoms with Crippen molar-refractivity contribution in [2.75, 3.05) is 26.2 Å². The highest BCUT2D eigenvalue weighted by atomic mass is 32.1. The summed E-state index contributed by atoms with van der Waals surface area (Å²) in [5.41, 5.74) is 2.71. The van der Waals surface area contributed by atoms with Crippen LogP contribution >= 0.6 is 18.9 Å². The summed E-state index contributed by atoms with van der Waals surface area (Å²) in [5.74, 6) is 0.655. The van der Waals surface area contributed by atoms with Crippen LogP contribution in [0.15, 0.2) is 47.4 Å². The first-order chi connectivity index (χ1) is 16.8. The summed E-state index contributed by atoms with van der Waals surface area (Å²) in [5, 5.41) is 9.71. The van der Waals surface area contributed by atoms with E-state index in [2.05, 4.69) is 9.97 Å². The largest absolute Gasteiger partial charge is 0.494 e. The first-order valence-electron chi connectivity index (χ1n) is 11.4. The average molecular weight is 523 g/mol. The lowest BCUT2D eigenvalue weighted by Gasteiger charge is -2.20. The van der Waals surface area contributed by atoms with Crippen LogP contribution in [0.4, 0.5) is 0 Å². The Morgan fingerprint density at radius 1 is 1.11 bits per heavy atom. The number of benzene rings is 1. The lowest BCUT2D eigenvalue weighted by molar-refractivity contribution is 0.0773. The van der Waals surface area contributed by atoms with E-state index in [4.69, 9.17) is 18.5 Å². The van der Waals surface area contributed by atoms with Crippen molar-refractivity contribution in [3.8, 4) is 11.6 Å².